The summed E-state index contributed by atoms with van der Waals surface area (Å²) in [4.78, 5) is 4.32. The molecule has 6 heteroatoms. The minimum Gasteiger partial charge on any atom is -0.374 e. The molecule has 0 radical (unpaired) electrons. The van der Waals surface area contributed by atoms with Gasteiger partial charge >= 0.3 is 0 Å². The maximum Gasteiger partial charge on any atom is 0.137 e. The van der Waals surface area contributed by atoms with Gasteiger partial charge in [0.15, 0.2) is 0 Å². The second-order valence-electron chi connectivity index (χ2n) is 6.15. The van der Waals surface area contributed by atoms with Gasteiger partial charge < -0.3 is 9.47 Å². The van der Waals surface area contributed by atoms with Gasteiger partial charge in [0.2, 0.25) is 0 Å². The predicted molar refractivity (Wildman–Crippen MR) is 97.7 cm³/mol. The van der Waals surface area contributed by atoms with Crippen molar-refractivity contribution in [3.05, 3.63) is 60.0 Å². The number of hydrogen-bond acceptors (Lipinski definition) is 5. The zero-order chi connectivity index (χ0) is 17.1. The fourth-order valence-corrected chi connectivity index (χ4v) is 3.78. The maximum atomic E-state index is 6.21. The molecule has 25 heavy (non-hydrogen) atoms. The molecule has 0 bridgehead atoms. The van der Waals surface area contributed by atoms with E-state index in [0.717, 1.165) is 29.1 Å². The molecule has 0 aliphatic carbocycles. The average Bonchev–Trinajstić information content (AvgIpc) is 3.29. The van der Waals surface area contributed by atoms with Crippen LogP contribution in [0, 0.1) is 0 Å². The number of fused-ring (bicyclic) bond motifs is 1. The van der Waals surface area contributed by atoms with Gasteiger partial charge in [0.1, 0.15) is 17.5 Å². The molecule has 4 rings (SSSR count). The minimum absolute atomic E-state index is 0.0671. The first-order valence-corrected chi connectivity index (χ1v) is 9.71. The van der Waals surface area contributed by atoms with Crippen LogP contribution in [0.5, 0.6) is 0 Å². The topological polar surface area (TPSA) is 48.7 Å². The molecular weight excluding hydrogens is 334 g/mol. The van der Waals surface area contributed by atoms with E-state index in [9.17, 15) is 0 Å². The Bertz CT molecular complexity index is 837. The molecule has 3 heterocycles. The fourth-order valence-electron chi connectivity index (χ4n) is 3.26. The SMILES string of the molecule is CSc1ncnn2c(C3CCC(COCc4ccccc4)O3)ccc12. The van der Waals surface area contributed by atoms with Crippen LogP contribution in [0.1, 0.15) is 30.2 Å². The van der Waals surface area contributed by atoms with E-state index in [1.165, 1.54) is 5.56 Å². The summed E-state index contributed by atoms with van der Waals surface area (Å²) in [7, 11) is 0. The van der Waals surface area contributed by atoms with Crippen LogP contribution in [0.25, 0.3) is 5.52 Å². The second kappa shape index (κ2) is 7.56. The molecule has 0 spiro atoms. The molecule has 2 atom stereocenters. The molecular formula is C19H21N3O2S. The molecule has 1 aliphatic rings. The van der Waals surface area contributed by atoms with Crippen molar-refractivity contribution in [3.8, 4) is 0 Å². The van der Waals surface area contributed by atoms with Crippen LogP contribution in [0.3, 0.4) is 0 Å². The lowest BCUT2D eigenvalue weighted by molar-refractivity contribution is -0.0221. The van der Waals surface area contributed by atoms with Crippen LogP contribution < -0.4 is 0 Å². The fraction of sp³-hybridized carbons (Fsp3) is 0.368. The number of ether oxygens (including phenoxy) is 2. The Kier molecular flexibility index (Phi) is 5.01. The first kappa shape index (κ1) is 16.6. The quantitative estimate of drug-likeness (QED) is 0.628. The normalized spacial score (nSPS) is 20.4. The summed E-state index contributed by atoms with van der Waals surface area (Å²) in [5.41, 5.74) is 3.33. The maximum absolute atomic E-state index is 6.21. The van der Waals surface area contributed by atoms with E-state index in [-0.39, 0.29) is 12.2 Å². The highest BCUT2D eigenvalue weighted by atomic mass is 32.2. The molecule has 1 saturated heterocycles. The van der Waals surface area contributed by atoms with Crippen molar-refractivity contribution in [2.24, 2.45) is 0 Å². The van der Waals surface area contributed by atoms with E-state index in [1.54, 1.807) is 18.1 Å². The molecule has 0 N–H and O–H groups in total. The highest BCUT2D eigenvalue weighted by Gasteiger charge is 2.29. The highest BCUT2D eigenvalue weighted by Crippen LogP contribution is 2.34. The Balaban J connectivity index is 1.38. The molecule has 1 aliphatic heterocycles. The van der Waals surface area contributed by atoms with E-state index in [2.05, 4.69) is 34.3 Å². The van der Waals surface area contributed by atoms with Crippen LogP contribution in [-0.2, 0) is 16.1 Å². The van der Waals surface area contributed by atoms with Crippen LogP contribution in [0.2, 0.25) is 0 Å². The Morgan fingerprint density at radius 2 is 2.08 bits per heavy atom. The number of hydrogen-bond donors (Lipinski definition) is 0. The third-order valence-corrected chi connectivity index (χ3v) is 5.19. The molecule has 0 saturated carbocycles. The van der Waals surface area contributed by atoms with Crippen LogP contribution >= 0.6 is 11.8 Å². The average molecular weight is 355 g/mol. The van der Waals surface area contributed by atoms with Gasteiger partial charge in [-0.3, -0.25) is 0 Å². The molecule has 3 aromatic rings. The summed E-state index contributed by atoms with van der Waals surface area (Å²) in [6.07, 6.45) is 5.84. The number of rotatable bonds is 6. The molecule has 2 aromatic heterocycles. The van der Waals surface area contributed by atoms with Gasteiger partial charge in [0, 0.05) is 0 Å². The van der Waals surface area contributed by atoms with Crippen molar-refractivity contribution in [2.45, 2.75) is 36.7 Å². The summed E-state index contributed by atoms with van der Waals surface area (Å²) >= 11 is 1.63. The summed E-state index contributed by atoms with van der Waals surface area (Å²) in [6, 6.07) is 14.4. The summed E-state index contributed by atoms with van der Waals surface area (Å²) in [5.74, 6) is 0. The third-order valence-electron chi connectivity index (χ3n) is 4.49. The Morgan fingerprint density at radius 3 is 2.92 bits per heavy atom. The summed E-state index contributed by atoms with van der Waals surface area (Å²) in [5, 5.41) is 5.39. The van der Waals surface area contributed by atoms with Gasteiger partial charge in [-0.1, -0.05) is 30.3 Å². The van der Waals surface area contributed by atoms with Gasteiger partial charge in [-0.15, -0.1) is 11.8 Å². The molecule has 130 valence electrons. The summed E-state index contributed by atoms with van der Waals surface area (Å²) in [6.45, 7) is 1.25. The third kappa shape index (κ3) is 3.56. The van der Waals surface area contributed by atoms with Crippen molar-refractivity contribution in [1.29, 1.82) is 0 Å². The monoisotopic (exact) mass is 355 g/mol. The Labute approximate surface area is 151 Å². The predicted octanol–water partition coefficient (Wildman–Crippen LogP) is 3.89. The van der Waals surface area contributed by atoms with Gasteiger partial charge in [-0.2, -0.15) is 5.10 Å². The number of nitrogens with zero attached hydrogens (tertiary/aromatic N) is 3. The first-order valence-electron chi connectivity index (χ1n) is 8.49. The van der Waals surface area contributed by atoms with Gasteiger partial charge in [-0.05, 0) is 36.8 Å². The van der Waals surface area contributed by atoms with Crippen molar-refractivity contribution >= 4 is 17.3 Å². The molecule has 1 aromatic carbocycles. The van der Waals surface area contributed by atoms with Crippen LogP contribution in [0.15, 0.2) is 53.8 Å². The number of benzene rings is 1. The molecule has 1 fully saturated rings. The molecule has 5 nitrogen and oxygen atoms in total. The van der Waals surface area contributed by atoms with Crippen LogP contribution in [0.4, 0.5) is 0 Å². The largest absolute Gasteiger partial charge is 0.374 e. The number of thioether (sulfide) groups is 1. The van der Waals surface area contributed by atoms with Gasteiger partial charge in [0.25, 0.3) is 0 Å². The van der Waals surface area contributed by atoms with Crippen molar-refractivity contribution in [2.75, 3.05) is 12.9 Å². The van der Waals surface area contributed by atoms with Crippen molar-refractivity contribution in [1.82, 2.24) is 14.6 Å². The smallest absolute Gasteiger partial charge is 0.137 e. The van der Waals surface area contributed by atoms with E-state index in [0.29, 0.717) is 13.2 Å². The van der Waals surface area contributed by atoms with Crippen molar-refractivity contribution in [3.63, 3.8) is 0 Å². The Hall–Kier alpha value is -1.89. The zero-order valence-electron chi connectivity index (χ0n) is 14.2. The highest BCUT2D eigenvalue weighted by molar-refractivity contribution is 7.98. The van der Waals surface area contributed by atoms with E-state index in [4.69, 9.17) is 9.47 Å². The van der Waals surface area contributed by atoms with E-state index < -0.39 is 0 Å². The number of aromatic nitrogens is 3. The van der Waals surface area contributed by atoms with E-state index >= 15 is 0 Å². The Morgan fingerprint density at radius 1 is 1.20 bits per heavy atom. The second-order valence-corrected chi connectivity index (χ2v) is 6.94. The minimum atomic E-state index is 0.0671. The van der Waals surface area contributed by atoms with Gasteiger partial charge in [0.05, 0.1) is 30.5 Å². The first-order chi connectivity index (χ1) is 12.3. The summed E-state index contributed by atoms with van der Waals surface area (Å²) < 4.78 is 14.0. The lowest BCUT2D eigenvalue weighted by atomic mass is 10.1. The lowest BCUT2D eigenvalue weighted by Crippen LogP contribution is -2.15. The molecule has 2 unspecified atom stereocenters. The van der Waals surface area contributed by atoms with Gasteiger partial charge in [-0.25, -0.2) is 9.50 Å². The van der Waals surface area contributed by atoms with Crippen molar-refractivity contribution < 1.29 is 9.47 Å². The standard InChI is InChI=1S/C19H21N3O2S/c1-25-19-17-9-8-16(22(17)21-13-20-19)18-10-7-15(24-18)12-23-11-14-5-3-2-4-6-14/h2-6,8-9,13,15,18H,7,10-12H2,1H3. The van der Waals surface area contributed by atoms with Crippen LogP contribution in [-0.4, -0.2) is 33.6 Å². The zero-order valence-corrected chi connectivity index (χ0v) is 15.0. The van der Waals surface area contributed by atoms with E-state index in [1.807, 2.05) is 29.0 Å². The molecule has 0 amide bonds. The lowest BCUT2D eigenvalue weighted by Gasteiger charge is -2.14.